The highest BCUT2D eigenvalue weighted by atomic mass is 35.5. The Kier molecular flexibility index (Phi) is 3.23. The van der Waals surface area contributed by atoms with E-state index >= 15 is 0 Å². The monoisotopic (exact) mass is 330 g/mol. The predicted molar refractivity (Wildman–Crippen MR) is 83.4 cm³/mol. The molecule has 0 saturated heterocycles. The molecule has 0 radical (unpaired) electrons. The number of fused-ring (bicyclic) bond motifs is 2. The van der Waals surface area contributed by atoms with Gasteiger partial charge in [0.2, 0.25) is 0 Å². The Morgan fingerprint density at radius 1 is 1.22 bits per heavy atom. The fraction of sp³-hybridized carbons (Fsp3) is 0.143. The molecule has 1 aromatic carbocycles. The van der Waals surface area contributed by atoms with Gasteiger partial charge in [0.05, 0.1) is 6.54 Å². The summed E-state index contributed by atoms with van der Waals surface area (Å²) in [5, 5.41) is 12.7. The van der Waals surface area contributed by atoms with Gasteiger partial charge in [-0.1, -0.05) is 22.5 Å². The van der Waals surface area contributed by atoms with E-state index in [1.807, 2.05) is 6.07 Å². The van der Waals surface area contributed by atoms with Crippen LogP contribution in [0.3, 0.4) is 0 Å². The molecule has 0 unspecified atom stereocenters. The van der Waals surface area contributed by atoms with Crippen molar-refractivity contribution in [1.29, 1.82) is 0 Å². The first-order valence-electron chi connectivity index (χ1n) is 6.91. The Morgan fingerprint density at radius 3 is 3.00 bits per heavy atom. The van der Waals surface area contributed by atoms with Crippen molar-refractivity contribution in [1.82, 2.24) is 29.3 Å². The molecule has 0 bridgehead atoms. The minimum absolute atomic E-state index is 0.212. The molecule has 8 nitrogen and oxygen atoms in total. The Hall–Kier alpha value is -2.87. The highest BCUT2D eigenvalue weighted by molar-refractivity contribution is 6.31. The summed E-state index contributed by atoms with van der Waals surface area (Å²) in [4.78, 5) is 19.0. The number of hydrogen-bond acceptors (Lipinski definition) is 5. The van der Waals surface area contributed by atoms with Gasteiger partial charge in [-0.05, 0) is 35.5 Å². The van der Waals surface area contributed by atoms with Crippen molar-refractivity contribution < 1.29 is 4.84 Å². The standard InChI is InChI=1S/C14H11ClN6O2/c15-10-4-5-11-12(9-10)21(18-16-11)23-8-7-20-14(22)19-6-2-1-3-13(19)17-20/h1-6,9H,7-8H2. The average Bonchev–Trinajstić information content (AvgIpc) is 3.10. The van der Waals surface area contributed by atoms with Gasteiger partial charge in [0.1, 0.15) is 17.6 Å². The van der Waals surface area contributed by atoms with Crippen molar-refractivity contribution in [3.8, 4) is 0 Å². The zero-order valence-corrected chi connectivity index (χ0v) is 12.6. The molecule has 0 N–H and O–H groups in total. The van der Waals surface area contributed by atoms with Crippen LogP contribution in [0.15, 0.2) is 47.4 Å². The van der Waals surface area contributed by atoms with Crippen molar-refractivity contribution in [3.63, 3.8) is 0 Å². The molecule has 0 amide bonds. The first-order valence-corrected chi connectivity index (χ1v) is 7.29. The van der Waals surface area contributed by atoms with Crippen LogP contribution in [0.4, 0.5) is 0 Å². The van der Waals surface area contributed by atoms with Gasteiger partial charge in [-0.15, -0.1) is 10.2 Å². The summed E-state index contributed by atoms with van der Waals surface area (Å²) >= 11 is 5.96. The largest absolute Gasteiger partial charge is 0.393 e. The Balaban J connectivity index is 1.53. The first kappa shape index (κ1) is 13.8. The van der Waals surface area contributed by atoms with E-state index in [-0.39, 0.29) is 12.3 Å². The normalized spacial score (nSPS) is 11.3. The van der Waals surface area contributed by atoms with Crippen molar-refractivity contribution in [2.75, 3.05) is 6.61 Å². The molecule has 23 heavy (non-hydrogen) atoms. The predicted octanol–water partition coefficient (Wildman–Crippen LogP) is 1.02. The number of halogens is 1. The average molecular weight is 331 g/mol. The Bertz CT molecular complexity index is 1050. The third-order valence-corrected chi connectivity index (χ3v) is 3.62. The molecule has 116 valence electrons. The van der Waals surface area contributed by atoms with Gasteiger partial charge < -0.3 is 4.84 Å². The van der Waals surface area contributed by atoms with E-state index in [1.54, 1.807) is 36.5 Å². The number of hydrogen-bond donors (Lipinski definition) is 0. The minimum atomic E-state index is -0.212. The van der Waals surface area contributed by atoms with Crippen molar-refractivity contribution in [3.05, 3.63) is 58.1 Å². The number of nitrogens with zero attached hydrogens (tertiary/aromatic N) is 6. The van der Waals surface area contributed by atoms with Gasteiger partial charge in [-0.25, -0.2) is 9.48 Å². The molecular weight excluding hydrogens is 320 g/mol. The first-order chi connectivity index (χ1) is 11.2. The third kappa shape index (κ3) is 2.42. The minimum Gasteiger partial charge on any atom is -0.393 e. The van der Waals surface area contributed by atoms with Crippen LogP contribution in [0.1, 0.15) is 0 Å². The maximum atomic E-state index is 12.1. The van der Waals surface area contributed by atoms with E-state index in [1.165, 1.54) is 13.9 Å². The van der Waals surface area contributed by atoms with E-state index in [4.69, 9.17) is 16.4 Å². The zero-order valence-electron chi connectivity index (χ0n) is 11.8. The van der Waals surface area contributed by atoms with Gasteiger partial charge in [-0.2, -0.15) is 0 Å². The Labute approximate surface area is 134 Å². The van der Waals surface area contributed by atoms with Gasteiger partial charge in [0, 0.05) is 11.2 Å². The molecule has 4 aromatic rings. The quantitative estimate of drug-likeness (QED) is 0.558. The molecule has 0 aliphatic heterocycles. The van der Waals surface area contributed by atoms with Gasteiger partial charge >= 0.3 is 5.69 Å². The van der Waals surface area contributed by atoms with Crippen molar-refractivity contribution in [2.45, 2.75) is 6.54 Å². The molecule has 3 heterocycles. The van der Waals surface area contributed by atoms with Crippen LogP contribution in [-0.2, 0) is 6.54 Å². The summed E-state index contributed by atoms with van der Waals surface area (Å²) in [5.74, 6) is 0. The molecule has 3 aromatic heterocycles. The highest BCUT2D eigenvalue weighted by Gasteiger charge is 2.08. The number of aromatic nitrogens is 6. The lowest BCUT2D eigenvalue weighted by molar-refractivity contribution is 0.0792. The van der Waals surface area contributed by atoms with Crippen LogP contribution < -0.4 is 10.5 Å². The zero-order chi connectivity index (χ0) is 15.8. The summed E-state index contributed by atoms with van der Waals surface area (Å²) in [6, 6.07) is 10.6. The van der Waals surface area contributed by atoms with Gasteiger partial charge in [-0.3, -0.25) is 4.40 Å². The van der Waals surface area contributed by atoms with E-state index in [0.717, 1.165) is 0 Å². The third-order valence-electron chi connectivity index (χ3n) is 3.38. The second-order valence-corrected chi connectivity index (χ2v) is 5.30. The van der Waals surface area contributed by atoms with E-state index in [2.05, 4.69) is 15.4 Å². The van der Waals surface area contributed by atoms with Crippen LogP contribution >= 0.6 is 11.6 Å². The van der Waals surface area contributed by atoms with Crippen LogP contribution in [-0.4, -0.2) is 35.9 Å². The van der Waals surface area contributed by atoms with Crippen LogP contribution in [0.5, 0.6) is 0 Å². The number of benzene rings is 1. The summed E-state index contributed by atoms with van der Waals surface area (Å²) < 4.78 is 2.83. The molecule has 0 aliphatic carbocycles. The highest BCUT2D eigenvalue weighted by Crippen LogP contribution is 2.16. The van der Waals surface area contributed by atoms with Crippen LogP contribution in [0.25, 0.3) is 16.7 Å². The molecule has 0 atom stereocenters. The summed E-state index contributed by atoms with van der Waals surface area (Å²) in [6.45, 7) is 0.511. The lowest BCUT2D eigenvalue weighted by Gasteiger charge is -2.04. The molecular formula is C14H11ClN6O2. The molecule has 0 spiro atoms. The van der Waals surface area contributed by atoms with Gasteiger partial charge in [0.15, 0.2) is 5.65 Å². The maximum Gasteiger partial charge on any atom is 0.350 e. The topological polar surface area (TPSA) is 79.2 Å². The lowest BCUT2D eigenvalue weighted by atomic mass is 10.3. The number of rotatable bonds is 4. The van der Waals surface area contributed by atoms with Crippen molar-refractivity contribution in [2.24, 2.45) is 0 Å². The second kappa shape index (κ2) is 5.40. The van der Waals surface area contributed by atoms with Crippen LogP contribution in [0.2, 0.25) is 5.02 Å². The summed E-state index contributed by atoms with van der Waals surface area (Å²) in [5.41, 5.74) is 1.73. The molecule has 0 aliphatic rings. The maximum absolute atomic E-state index is 12.1. The molecule has 9 heteroatoms. The summed E-state index contributed by atoms with van der Waals surface area (Å²) in [7, 11) is 0. The number of pyridine rings is 1. The fourth-order valence-electron chi connectivity index (χ4n) is 2.29. The molecule has 4 rings (SSSR count). The summed E-state index contributed by atoms with van der Waals surface area (Å²) in [6.07, 6.45) is 1.68. The smallest absolute Gasteiger partial charge is 0.350 e. The molecule has 0 saturated carbocycles. The lowest BCUT2D eigenvalue weighted by Crippen LogP contribution is -2.26. The SMILES string of the molecule is O=c1n(CCOn2nnc3ccc(Cl)cc32)nc2ccccn12. The van der Waals surface area contributed by atoms with E-state index in [9.17, 15) is 4.79 Å². The molecule has 0 fully saturated rings. The van der Waals surface area contributed by atoms with Crippen LogP contribution in [0, 0.1) is 0 Å². The van der Waals surface area contributed by atoms with E-state index in [0.29, 0.717) is 28.2 Å². The van der Waals surface area contributed by atoms with E-state index < -0.39 is 0 Å². The van der Waals surface area contributed by atoms with Crippen molar-refractivity contribution >= 4 is 28.3 Å². The fourth-order valence-corrected chi connectivity index (χ4v) is 2.46. The Morgan fingerprint density at radius 2 is 2.13 bits per heavy atom. The second-order valence-electron chi connectivity index (χ2n) is 4.86. The van der Waals surface area contributed by atoms with Gasteiger partial charge in [0.25, 0.3) is 0 Å².